The van der Waals surface area contributed by atoms with Gasteiger partial charge in [0.2, 0.25) is 4.96 Å². The van der Waals surface area contributed by atoms with Crippen molar-refractivity contribution >= 4 is 43.8 Å². The number of hydrogen-bond acceptors (Lipinski definition) is 8. The second-order valence-electron chi connectivity index (χ2n) is 4.32. The molecule has 0 fully saturated rings. The molecule has 0 unspecified atom stereocenters. The summed E-state index contributed by atoms with van der Waals surface area (Å²) in [4.78, 5) is 1.58. The SMILES string of the molecule is Cc1nnsc1-c1nnc2sc(-c3n[nH]c(C)c3Br)nn12. The van der Waals surface area contributed by atoms with Crippen LogP contribution in [0.15, 0.2) is 4.47 Å². The van der Waals surface area contributed by atoms with E-state index in [0.29, 0.717) is 10.8 Å². The molecule has 0 aliphatic carbocycles. The van der Waals surface area contributed by atoms with E-state index in [1.807, 2.05) is 13.8 Å². The summed E-state index contributed by atoms with van der Waals surface area (Å²) >= 11 is 6.23. The molecule has 0 radical (unpaired) electrons. The molecular weight excluding hydrogens is 376 g/mol. The van der Waals surface area contributed by atoms with Crippen LogP contribution in [-0.4, -0.2) is 39.6 Å². The van der Waals surface area contributed by atoms with Crippen molar-refractivity contribution in [3.05, 3.63) is 15.9 Å². The summed E-state index contributed by atoms with van der Waals surface area (Å²) in [7, 11) is 0. The molecule has 0 atom stereocenters. The van der Waals surface area contributed by atoms with Crippen LogP contribution in [0.2, 0.25) is 0 Å². The Morgan fingerprint density at radius 3 is 2.71 bits per heavy atom. The van der Waals surface area contributed by atoms with Crippen LogP contribution in [0.4, 0.5) is 0 Å². The number of aromatic amines is 1. The molecule has 0 aliphatic rings. The van der Waals surface area contributed by atoms with E-state index in [4.69, 9.17) is 0 Å². The fourth-order valence-electron chi connectivity index (χ4n) is 1.85. The Labute approximate surface area is 134 Å². The maximum atomic E-state index is 4.56. The third-order valence-electron chi connectivity index (χ3n) is 2.92. The van der Waals surface area contributed by atoms with Crippen LogP contribution in [0.5, 0.6) is 0 Å². The molecule has 4 aromatic heterocycles. The summed E-state index contributed by atoms with van der Waals surface area (Å²) in [6.45, 7) is 3.83. The Morgan fingerprint density at radius 2 is 2.05 bits per heavy atom. The van der Waals surface area contributed by atoms with E-state index < -0.39 is 0 Å². The monoisotopic (exact) mass is 382 g/mol. The topological polar surface area (TPSA) is 97.5 Å². The maximum Gasteiger partial charge on any atom is 0.235 e. The van der Waals surface area contributed by atoms with E-state index in [2.05, 4.69) is 51.0 Å². The molecule has 0 aliphatic heterocycles. The van der Waals surface area contributed by atoms with Gasteiger partial charge in [-0.05, 0) is 41.3 Å². The first kappa shape index (κ1) is 13.0. The van der Waals surface area contributed by atoms with Gasteiger partial charge in [-0.15, -0.1) is 15.3 Å². The number of nitrogens with zero attached hydrogens (tertiary/aromatic N) is 7. The van der Waals surface area contributed by atoms with E-state index in [-0.39, 0.29) is 0 Å². The normalized spacial score (nSPS) is 11.6. The second kappa shape index (κ2) is 4.64. The van der Waals surface area contributed by atoms with Crippen molar-refractivity contribution in [1.29, 1.82) is 0 Å². The van der Waals surface area contributed by atoms with Crippen LogP contribution >= 0.6 is 38.8 Å². The summed E-state index contributed by atoms with van der Waals surface area (Å²) in [5.74, 6) is 0.656. The van der Waals surface area contributed by atoms with Gasteiger partial charge in [-0.25, -0.2) is 0 Å². The van der Waals surface area contributed by atoms with Crippen LogP contribution in [0, 0.1) is 13.8 Å². The number of nitrogens with one attached hydrogen (secondary N) is 1. The molecule has 0 bridgehead atoms. The van der Waals surface area contributed by atoms with Crippen LogP contribution < -0.4 is 0 Å². The Balaban J connectivity index is 1.90. The van der Waals surface area contributed by atoms with Crippen molar-refractivity contribution in [2.24, 2.45) is 0 Å². The molecule has 1 N–H and O–H groups in total. The lowest BCUT2D eigenvalue weighted by molar-refractivity contribution is 0.961. The Kier molecular flexibility index (Phi) is 2.87. The Bertz CT molecular complexity index is 948. The van der Waals surface area contributed by atoms with Gasteiger partial charge in [-0.1, -0.05) is 15.8 Å². The summed E-state index contributed by atoms with van der Waals surface area (Å²) in [5, 5.41) is 24.9. The molecule has 0 saturated carbocycles. The van der Waals surface area contributed by atoms with E-state index in [1.54, 1.807) is 4.52 Å². The fraction of sp³-hybridized carbons (Fsp3) is 0.200. The molecule has 21 heavy (non-hydrogen) atoms. The molecule has 8 nitrogen and oxygen atoms in total. The molecule has 11 heteroatoms. The van der Waals surface area contributed by atoms with Crippen molar-refractivity contribution in [3.63, 3.8) is 0 Å². The maximum absolute atomic E-state index is 4.56. The van der Waals surface area contributed by atoms with Crippen LogP contribution in [0.3, 0.4) is 0 Å². The third-order valence-corrected chi connectivity index (χ3v) is 5.62. The van der Waals surface area contributed by atoms with Gasteiger partial charge in [0.1, 0.15) is 10.6 Å². The first-order valence-electron chi connectivity index (χ1n) is 5.87. The Hall–Kier alpha value is -1.72. The quantitative estimate of drug-likeness (QED) is 0.571. The molecular formula is C10H7BrN8S2. The molecule has 106 valence electrons. The van der Waals surface area contributed by atoms with Crippen LogP contribution in [-0.2, 0) is 0 Å². The van der Waals surface area contributed by atoms with Gasteiger partial charge in [-0.3, -0.25) is 5.10 Å². The van der Waals surface area contributed by atoms with Crippen LogP contribution in [0.25, 0.3) is 26.4 Å². The summed E-state index contributed by atoms with van der Waals surface area (Å²) < 4.78 is 6.54. The predicted molar refractivity (Wildman–Crippen MR) is 82.3 cm³/mol. The molecule has 0 spiro atoms. The number of aryl methyl sites for hydroxylation is 2. The van der Waals surface area contributed by atoms with Crippen molar-refractivity contribution in [3.8, 4) is 21.4 Å². The number of H-pyrrole nitrogens is 1. The number of hydrogen-bond donors (Lipinski definition) is 1. The van der Waals surface area contributed by atoms with Gasteiger partial charge in [-0.2, -0.15) is 14.7 Å². The van der Waals surface area contributed by atoms with Crippen molar-refractivity contribution in [1.82, 2.24) is 39.6 Å². The standard InChI is InChI=1S/C10H7BrN8S2/c1-3-5(11)6(14-12-3)9-17-19-8(15-16-10(19)20-9)7-4(2)13-18-21-7/h1-2H3,(H,12,14). The number of halogens is 1. The summed E-state index contributed by atoms with van der Waals surface area (Å²) in [6.07, 6.45) is 0. The lowest BCUT2D eigenvalue weighted by atomic mass is 10.4. The van der Waals surface area contributed by atoms with E-state index in [1.165, 1.54) is 22.9 Å². The van der Waals surface area contributed by atoms with Crippen molar-refractivity contribution in [2.75, 3.05) is 0 Å². The zero-order valence-electron chi connectivity index (χ0n) is 10.8. The molecule has 0 aromatic carbocycles. The summed E-state index contributed by atoms with van der Waals surface area (Å²) in [5.41, 5.74) is 2.55. The molecule has 0 amide bonds. The smallest absolute Gasteiger partial charge is 0.235 e. The van der Waals surface area contributed by atoms with Gasteiger partial charge in [0.05, 0.1) is 10.2 Å². The fourth-order valence-corrected chi connectivity index (χ4v) is 3.81. The minimum Gasteiger partial charge on any atom is -0.281 e. The Morgan fingerprint density at radius 1 is 1.19 bits per heavy atom. The zero-order valence-corrected chi connectivity index (χ0v) is 14.0. The van der Waals surface area contributed by atoms with Crippen LogP contribution in [0.1, 0.15) is 11.4 Å². The van der Waals surface area contributed by atoms with Gasteiger partial charge in [0.25, 0.3) is 0 Å². The van der Waals surface area contributed by atoms with E-state index in [9.17, 15) is 0 Å². The first-order chi connectivity index (χ1) is 10.1. The largest absolute Gasteiger partial charge is 0.281 e. The number of fused-ring (bicyclic) bond motifs is 1. The highest BCUT2D eigenvalue weighted by Gasteiger charge is 2.20. The second-order valence-corrected chi connectivity index (χ2v) is 6.83. The van der Waals surface area contributed by atoms with Crippen molar-refractivity contribution in [2.45, 2.75) is 13.8 Å². The molecule has 4 aromatic rings. The average molecular weight is 383 g/mol. The van der Waals surface area contributed by atoms with Gasteiger partial charge in [0, 0.05) is 5.69 Å². The minimum absolute atomic E-state index is 0.656. The van der Waals surface area contributed by atoms with Gasteiger partial charge >= 0.3 is 0 Å². The highest BCUT2D eigenvalue weighted by Crippen LogP contribution is 2.33. The molecule has 0 saturated heterocycles. The first-order valence-corrected chi connectivity index (χ1v) is 8.26. The average Bonchev–Trinajstić information content (AvgIpc) is 3.17. The van der Waals surface area contributed by atoms with E-state index in [0.717, 1.165) is 31.4 Å². The lowest BCUT2D eigenvalue weighted by Gasteiger charge is -1.92. The zero-order chi connectivity index (χ0) is 14.6. The van der Waals surface area contributed by atoms with Gasteiger partial charge < -0.3 is 0 Å². The number of rotatable bonds is 2. The highest BCUT2D eigenvalue weighted by molar-refractivity contribution is 9.10. The lowest BCUT2D eigenvalue weighted by Crippen LogP contribution is -1.91. The van der Waals surface area contributed by atoms with E-state index >= 15 is 0 Å². The van der Waals surface area contributed by atoms with Gasteiger partial charge in [0.15, 0.2) is 10.8 Å². The minimum atomic E-state index is 0.656. The molecule has 4 rings (SSSR count). The predicted octanol–water partition coefficient (Wildman–Crippen LogP) is 2.47. The van der Waals surface area contributed by atoms with Crippen molar-refractivity contribution < 1.29 is 0 Å². The summed E-state index contributed by atoms with van der Waals surface area (Å²) in [6, 6.07) is 0. The molecule has 4 heterocycles. The highest BCUT2D eigenvalue weighted by atomic mass is 79.9. The number of aromatic nitrogens is 8. The third kappa shape index (κ3) is 1.92.